The summed E-state index contributed by atoms with van der Waals surface area (Å²) < 4.78 is 0. The molecule has 1 saturated carbocycles. The van der Waals surface area contributed by atoms with E-state index in [1.807, 2.05) is 0 Å². The Morgan fingerprint density at radius 2 is 1.59 bits per heavy atom. The quantitative estimate of drug-likeness (QED) is 0.659. The highest BCUT2D eigenvalue weighted by Gasteiger charge is 2.29. The zero-order chi connectivity index (χ0) is 12.7. The molecular weight excluding hydrogens is 206 g/mol. The predicted octanol–water partition coefficient (Wildman–Crippen LogP) is 4.76. The van der Waals surface area contributed by atoms with Crippen molar-refractivity contribution in [2.45, 2.75) is 85.1 Å². The second-order valence-electron chi connectivity index (χ2n) is 6.93. The van der Waals surface area contributed by atoms with E-state index in [4.69, 9.17) is 0 Å². The standard InChI is InChI=1S/C16H33N/c1-5-6-7-8-13-17-15-11-9-14(10-12-15)16(2,3)4/h14-15,17H,5-13H2,1-4H3. The van der Waals surface area contributed by atoms with Crippen LogP contribution in [0.5, 0.6) is 0 Å². The third kappa shape index (κ3) is 5.90. The number of hydrogen-bond donors (Lipinski definition) is 1. The monoisotopic (exact) mass is 239 g/mol. The van der Waals surface area contributed by atoms with Crippen LogP contribution in [0.2, 0.25) is 0 Å². The summed E-state index contributed by atoms with van der Waals surface area (Å²) >= 11 is 0. The summed E-state index contributed by atoms with van der Waals surface area (Å²) in [6, 6.07) is 0.815. The highest BCUT2D eigenvalue weighted by Crippen LogP contribution is 2.37. The molecule has 1 rings (SSSR count). The molecule has 0 bridgehead atoms. The average Bonchev–Trinajstić information content (AvgIpc) is 2.28. The fourth-order valence-electron chi connectivity index (χ4n) is 3.02. The summed E-state index contributed by atoms with van der Waals surface area (Å²) in [6.45, 7) is 10.7. The van der Waals surface area contributed by atoms with E-state index in [0.29, 0.717) is 5.41 Å². The van der Waals surface area contributed by atoms with Crippen LogP contribution in [0.3, 0.4) is 0 Å². The van der Waals surface area contributed by atoms with Crippen LogP contribution in [0.4, 0.5) is 0 Å². The highest BCUT2D eigenvalue weighted by atomic mass is 14.9. The van der Waals surface area contributed by atoms with Crippen molar-refractivity contribution in [3.05, 3.63) is 0 Å². The van der Waals surface area contributed by atoms with Gasteiger partial charge in [0, 0.05) is 6.04 Å². The smallest absolute Gasteiger partial charge is 0.00672 e. The lowest BCUT2D eigenvalue weighted by Gasteiger charge is -2.37. The van der Waals surface area contributed by atoms with Crippen molar-refractivity contribution >= 4 is 0 Å². The van der Waals surface area contributed by atoms with Gasteiger partial charge in [0.25, 0.3) is 0 Å². The molecule has 0 heterocycles. The molecule has 1 aliphatic rings. The predicted molar refractivity (Wildman–Crippen MR) is 77.3 cm³/mol. The van der Waals surface area contributed by atoms with Crippen molar-refractivity contribution in [3.8, 4) is 0 Å². The average molecular weight is 239 g/mol. The molecule has 0 aromatic carbocycles. The van der Waals surface area contributed by atoms with E-state index in [1.165, 1.54) is 57.9 Å². The molecule has 0 atom stereocenters. The van der Waals surface area contributed by atoms with Crippen LogP contribution < -0.4 is 5.32 Å². The Hall–Kier alpha value is -0.0400. The molecule has 17 heavy (non-hydrogen) atoms. The van der Waals surface area contributed by atoms with E-state index in [0.717, 1.165) is 12.0 Å². The minimum atomic E-state index is 0.520. The van der Waals surface area contributed by atoms with Gasteiger partial charge in [-0.1, -0.05) is 47.0 Å². The number of rotatable bonds is 6. The first-order valence-corrected chi connectivity index (χ1v) is 7.77. The summed E-state index contributed by atoms with van der Waals surface area (Å²) in [7, 11) is 0. The van der Waals surface area contributed by atoms with Gasteiger partial charge in [-0.2, -0.15) is 0 Å². The van der Waals surface area contributed by atoms with E-state index in [9.17, 15) is 0 Å². The van der Waals surface area contributed by atoms with E-state index >= 15 is 0 Å². The maximum atomic E-state index is 3.75. The molecule has 0 saturated heterocycles. The molecule has 102 valence electrons. The van der Waals surface area contributed by atoms with Gasteiger partial charge in [-0.3, -0.25) is 0 Å². The van der Waals surface area contributed by atoms with Crippen molar-refractivity contribution in [2.24, 2.45) is 11.3 Å². The first-order valence-electron chi connectivity index (χ1n) is 7.77. The first kappa shape index (κ1) is 15.0. The molecule has 0 aromatic heterocycles. The van der Waals surface area contributed by atoms with Crippen LogP contribution >= 0.6 is 0 Å². The molecule has 1 fully saturated rings. The minimum Gasteiger partial charge on any atom is -0.314 e. The largest absolute Gasteiger partial charge is 0.314 e. The Kier molecular flexibility index (Phi) is 6.54. The molecule has 1 nitrogen and oxygen atoms in total. The summed E-state index contributed by atoms with van der Waals surface area (Å²) in [5.41, 5.74) is 0.520. The summed E-state index contributed by atoms with van der Waals surface area (Å²) in [5.74, 6) is 0.945. The van der Waals surface area contributed by atoms with Gasteiger partial charge in [0.15, 0.2) is 0 Å². The molecular formula is C16H33N. The van der Waals surface area contributed by atoms with Gasteiger partial charge in [-0.05, 0) is 50.0 Å². The molecule has 0 spiro atoms. The topological polar surface area (TPSA) is 12.0 Å². The Balaban J connectivity index is 2.07. The van der Waals surface area contributed by atoms with E-state index < -0.39 is 0 Å². The lowest BCUT2D eigenvalue weighted by atomic mass is 9.71. The van der Waals surface area contributed by atoms with Crippen LogP contribution in [0.25, 0.3) is 0 Å². The molecule has 1 N–H and O–H groups in total. The van der Waals surface area contributed by atoms with Crippen LogP contribution in [0.1, 0.15) is 79.1 Å². The van der Waals surface area contributed by atoms with Crippen molar-refractivity contribution in [2.75, 3.05) is 6.54 Å². The molecule has 0 radical (unpaired) electrons. The number of hydrogen-bond acceptors (Lipinski definition) is 1. The SMILES string of the molecule is CCCCCCNC1CCC(C(C)(C)C)CC1. The summed E-state index contributed by atoms with van der Waals surface area (Å²) in [5, 5.41) is 3.75. The molecule has 1 heteroatoms. The number of nitrogens with one attached hydrogen (secondary N) is 1. The second kappa shape index (κ2) is 7.41. The Morgan fingerprint density at radius 3 is 2.12 bits per heavy atom. The molecule has 1 aliphatic carbocycles. The second-order valence-corrected chi connectivity index (χ2v) is 6.93. The van der Waals surface area contributed by atoms with Gasteiger partial charge >= 0.3 is 0 Å². The van der Waals surface area contributed by atoms with Gasteiger partial charge in [0.1, 0.15) is 0 Å². The highest BCUT2D eigenvalue weighted by molar-refractivity contribution is 4.83. The van der Waals surface area contributed by atoms with E-state index in [2.05, 4.69) is 33.0 Å². The normalized spacial score (nSPS) is 26.1. The third-order valence-corrected chi connectivity index (χ3v) is 4.42. The van der Waals surface area contributed by atoms with Gasteiger partial charge in [-0.15, -0.1) is 0 Å². The van der Waals surface area contributed by atoms with Crippen LogP contribution in [-0.4, -0.2) is 12.6 Å². The first-order chi connectivity index (χ1) is 8.04. The maximum Gasteiger partial charge on any atom is 0.00672 e. The Morgan fingerprint density at radius 1 is 0.941 bits per heavy atom. The van der Waals surface area contributed by atoms with Crippen LogP contribution in [-0.2, 0) is 0 Å². The molecule has 0 amide bonds. The van der Waals surface area contributed by atoms with Crippen molar-refractivity contribution in [1.29, 1.82) is 0 Å². The molecule has 0 unspecified atom stereocenters. The Labute approximate surface area is 109 Å². The zero-order valence-corrected chi connectivity index (χ0v) is 12.5. The zero-order valence-electron chi connectivity index (χ0n) is 12.5. The summed E-state index contributed by atoms with van der Waals surface area (Å²) in [6.07, 6.45) is 11.2. The fourth-order valence-corrected chi connectivity index (χ4v) is 3.02. The summed E-state index contributed by atoms with van der Waals surface area (Å²) in [4.78, 5) is 0. The van der Waals surface area contributed by atoms with Crippen LogP contribution in [0, 0.1) is 11.3 Å². The third-order valence-electron chi connectivity index (χ3n) is 4.42. The lowest BCUT2D eigenvalue weighted by Crippen LogP contribution is -2.36. The lowest BCUT2D eigenvalue weighted by molar-refractivity contribution is 0.160. The van der Waals surface area contributed by atoms with Gasteiger partial charge in [-0.25, -0.2) is 0 Å². The molecule has 0 aliphatic heterocycles. The van der Waals surface area contributed by atoms with E-state index in [-0.39, 0.29) is 0 Å². The minimum absolute atomic E-state index is 0.520. The van der Waals surface area contributed by atoms with Crippen molar-refractivity contribution in [1.82, 2.24) is 5.32 Å². The van der Waals surface area contributed by atoms with Gasteiger partial charge in [0.2, 0.25) is 0 Å². The van der Waals surface area contributed by atoms with Crippen molar-refractivity contribution in [3.63, 3.8) is 0 Å². The van der Waals surface area contributed by atoms with Gasteiger partial charge < -0.3 is 5.32 Å². The fraction of sp³-hybridized carbons (Fsp3) is 1.00. The maximum absolute atomic E-state index is 3.75. The Bertz CT molecular complexity index is 184. The number of unbranched alkanes of at least 4 members (excludes halogenated alkanes) is 3. The molecule has 0 aromatic rings. The van der Waals surface area contributed by atoms with Crippen molar-refractivity contribution < 1.29 is 0 Å². The van der Waals surface area contributed by atoms with Gasteiger partial charge in [0.05, 0.1) is 0 Å². The van der Waals surface area contributed by atoms with E-state index in [1.54, 1.807) is 0 Å². The van der Waals surface area contributed by atoms with Crippen LogP contribution in [0.15, 0.2) is 0 Å².